The van der Waals surface area contributed by atoms with E-state index >= 15 is 0 Å². The molecule has 0 saturated carbocycles. The summed E-state index contributed by atoms with van der Waals surface area (Å²) in [5.41, 5.74) is 0. The molecule has 1 rings (SSSR count). The maximum absolute atomic E-state index is 11.9. The zero-order chi connectivity index (χ0) is 13.2. The maximum Gasteiger partial charge on any atom is 0.224 e. The van der Waals surface area contributed by atoms with Crippen molar-refractivity contribution in [1.82, 2.24) is 10.2 Å². The molecule has 0 unspecified atom stereocenters. The lowest BCUT2D eigenvalue weighted by Gasteiger charge is -2.24. The van der Waals surface area contributed by atoms with Crippen LogP contribution in [0.25, 0.3) is 0 Å². The minimum atomic E-state index is 0.156. The van der Waals surface area contributed by atoms with Crippen molar-refractivity contribution in [3.8, 4) is 0 Å². The number of rotatable bonds is 8. The summed E-state index contributed by atoms with van der Waals surface area (Å²) in [7, 11) is 1.65. The van der Waals surface area contributed by atoms with Gasteiger partial charge in [0.15, 0.2) is 0 Å². The first-order valence-corrected chi connectivity index (χ1v) is 6.87. The number of carbonyl (C=O) groups excluding carboxylic acids is 1. The van der Waals surface area contributed by atoms with E-state index in [1.807, 2.05) is 11.8 Å². The quantitative estimate of drug-likeness (QED) is 0.694. The predicted molar refractivity (Wildman–Crippen MR) is 70.6 cm³/mol. The summed E-state index contributed by atoms with van der Waals surface area (Å²) < 4.78 is 10.7. The molecule has 18 heavy (non-hydrogen) atoms. The Labute approximate surface area is 110 Å². The van der Waals surface area contributed by atoms with Gasteiger partial charge in [0.1, 0.15) is 0 Å². The molecule has 0 aromatic carbocycles. The summed E-state index contributed by atoms with van der Waals surface area (Å²) >= 11 is 0. The van der Waals surface area contributed by atoms with Gasteiger partial charge in [0.05, 0.1) is 25.7 Å². The fraction of sp³-hybridized carbons (Fsp3) is 0.923. The van der Waals surface area contributed by atoms with Crippen molar-refractivity contribution in [3.63, 3.8) is 0 Å². The van der Waals surface area contributed by atoms with Gasteiger partial charge in [0, 0.05) is 20.2 Å². The van der Waals surface area contributed by atoms with Crippen LogP contribution in [0.5, 0.6) is 0 Å². The Bertz CT molecular complexity index is 230. The van der Waals surface area contributed by atoms with Crippen LogP contribution in [0.3, 0.4) is 0 Å². The first kappa shape index (κ1) is 15.4. The number of hydrogen-bond donors (Lipinski definition) is 1. The lowest BCUT2D eigenvalue weighted by Crippen LogP contribution is -2.36. The third-order valence-electron chi connectivity index (χ3n) is 3.26. The number of methoxy groups -OCH3 is 1. The third-order valence-corrected chi connectivity index (χ3v) is 3.26. The first-order valence-electron chi connectivity index (χ1n) is 6.87. The van der Waals surface area contributed by atoms with Crippen LogP contribution in [0.15, 0.2) is 0 Å². The highest BCUT2D eigenvalue weighted by Gasteiger charge is 2.15. The normalized spacial score (nSPS) is 16.8. The molecule has 5 nitrogen and oxygen atoms in total. The standard InChI is InChI=1S/C13H26N2O3/c1-3-15(9-11-17-2)13(16)6-10-18-12-4-7-14-8-5-12/h12,14H,3-11H2,1-2H3. The van der Waals surface area contributed by atoms with E-state index in [-0.39, 0.29) is 5.91 Å². The molecule has 1 amide bonds. The van der Waals surface area contributed by atoms with Gasteiger partial charge >= 0.3 is 0 Å². The fourth-order valence-electron chi connectivity index (χ4n) is 2.09. The van der Waals surface area contributed by atoms with Gasteiger partial charge in [-0.15, -0.1) is 0 Å². The Morgan fingerprint density at radius 2 is 2.06 bits per heavy atom. The number of carbonyl (C=O) groups is 1. The highest BCUT2D eigenvalue weighted by molar-refractivity contribution is 5.76. The topological polar surface area (TPSA) is 50.8 Å². The van der Waals surface area contributed by atoms with Gasteiger partial charge in [0.2, 0.25) is 5.91 Å². The molecule has 106 valence electrons. The summed E-state index contributed by atoms with van der Waals surface area (Å²) in [6, 6.07) is 0. The monoisotopic (exact) mass is 258 g/mol. The largest absolute Gasteiger partial charge is 0.383 e. The van der Waals surface area contributed by atoms with Gasteiger partial charge in [-0.2, -0.15) is 0 Å². The van der Waals surface area contributed by atoms with Crippen molar-refractivity contribution in [2.45, 2.75) is 32.3 Å². The van der Waals surface area contributed by atoms with Crippen LogP contribution >= 0.6 is 0 Å². The summed E-state index contributed by atoms with van der Waals surface area (Å²) in [5, 5.41) is 3.30. The van der Waals surface area contributed by atoms with Crippen LogP contribution in [-0.4, -0.2) is 63.4 Å². The van der Waals surface area contributed by atoms with E-state index in [0.29, 0.717) is 32.3 Å². The molecule has 0 radical (unpaired) electrons. The molecule has 0 aromatic heterocycles. The molecule has 5 heteroatoms. The van der Waals surface area contributed by atoms with E-state index in [2.05, 4.69) is 5.32 Å². The molecular weight excluding hydrogens is 232 g/mol. The number of piperidine rings is 1. The number of nitrogens with one attached hydrogen (secondary N) is 1. The van der Waals surface area contributed by atoms with Crippen LogP contribution in [0.2, 0.25) is 0 Å². The molecule has 0 spiro atoms. The predicted octanol–water partition coefficient (Wildman–Crippen LogP) is 0.640. The SMILES string of the molecule is CCN(CCOC)C(=O)CCOC1CCNCC1. The van der Waals surface area contributed by atoms with Crippen molar-refractivity contribution < 1.29 is 14.3 Å². The molecule has 0 aliphatic carbocycles. The van der Waals surface area contributed by atoms with Crippen LogP contribution in [-0.2, 0) is 14.3 Å². The van der Waals surface area contributed by atoms with Crippen molar-refractivity contribution in [2.75, 3.05) is 46.5 Å². The molecule has 1 heterocycles. The first-order chi connectivity index (χ1) is 8.77. The lowest BCUT2D eigenvalue weighted by molar-refractivity contribution is -0.133. The molecular formula is C13H26N2O3. The Morgan fingerprint density at radius 3 is 2.67 bits per heavy atom. The van der Waals surface area contributed by atoms with Gasteiger partial charge in [0.25, 0.3) is 0 Å². The molecule has 0 bridgehead atoms. The maximum atomic E-state index is 11.9. The molecule has 1 fully saturated rings. The number of hydrogen-bond acceptors (Lipinski definition) is 4. The molecule has 1 saturated heterocycles. The minimum Gasteiger partial charge on any atom is -0.383 e. The van der Waals surface area contributed by atoms with Gasteiger partial charge < -0.3 is 19.7 Å². The van der Waals surface area contributed by atoms with Gasteiger partial charge in [-0.05, 0) is 32.9 Å². The Morgan fingerprint density at radius 1 is 1.33 bits per heavy atom. The van der Waals surface area contributed by atoms with Crippen molar-refractivity contribution in [2.24, 2.45) is 0 Å². The van der Waals surface area contributed by atoms with Crippen LogP contribution in [0.1, 0.15) is 26.2 Å². The molecule has 1 aliphatic heterocycles. The number of amides is 1. The van der Waals surface area contributed by atoms with E-state index in [1.54, 1.807) is 7.11 Å². The second-order valence-corrected chi connectivity index (χ2v) is 4.54. The second-order valence-electron chi connectivity index (χ2n) is 4.54. The van der Waals surface area contributed by atoms with E-state index in [0.717, 1.165) is 32.5 Å². The molecule has 1 N–H and O–H groups in total. The summed E-state index contributed by atoms with van der Waals surface area (Å²) in [6.07, 6.45) is 2.90. The zero-order valence-electron chi connectivity index (χ0n) is 11.6. The van der Waals surface area contributed by atoms with Crippen molar-refractivity contribution in [3.05, 3.63) is 0 Å². The summed E-state index contributed by atoms with van der Waals surface area (Å²) in [5.74, 6) is 0.156. The second kappa shape index (κ2) is 9.30. The Kier molecular flexibility index (Phi) is 7.96. The smallest absolute Gasteiger partial charge is 0.224 e. The van der Waals surface area contributed by atoms with Crippen LogP contribution in [0, 0.1) is 0 Å². The van der Waals surface area contributed by atoms with E-state index in [4.69, 9.17) is 9.47 Å². The fourth-order valence-corrected chi connectivity index (χ4v) is 2.09. The van der Waals surface area contributed by atoms with E-state index in [1.165, 1.54) is 0 Å². The van der Waals surface area contributed by atoms with Crippen molar-refractivity contribution in [1.29, 1.82) is 0 Å². The number of nitrogens with zero attached hydrogens (tertiary/aromatic N) is 1. The minimum absolute atomic E-state index is 0.156. The average molecular weight is 258 g/mol. The van der Waals surface area contributed by atoms with Gasteiger partial charge in [-0.25, -0.2) is 0 Å². The Balaban J connectivity index is 2.13. The summed E-state index contributed by atoms with van der Waals surface area (Å²) in [6.45, 7) is 6.55. The Hall–Kier alpha value is -0.650. The highest BCUT2D eigenvalue weighted by atomic mass is 16.5. The zero-order valence-corrected chi connectivity index (χ0v) is 11.6. The number of likely N-dealkylation sites (N-methyl/N-ethyl adjacent to an activating group) is 1. The van der Waals surface area contributed by atoms with Crippen molar-refractivity contribution >= 4 is 5.91 Å². The summed E-state index contributed by atoms with van der Waals surface area (Å²) in [4.78, 5) is 13.7. The highest BCUT2D eigenvalue weighted by Crippen LogP contribution is 2.07. The molecule has 0 atom stereocenters. The van der Waals surface area contributed by atoms with E-state index in [9.17, 15) is 4.79 Å². The molecule has 0 aromatic rings. The molecule has 1 aliphatic rings. The van der Waals surface area contributed by atoms with Gasteiger partial charge in [-0.3, -0.25) is 4.79 Å². The number of ether oxygens (including phenoxy) is 2. The lowest BCUT2D eigenvalue weighted by atomic mass is 10.1. The average Bonchev–Trinajstić information content (AvgIpc) is 2.41. The van der Waals surface area contributed by atoms with E-state index < -0.39 is 0 Å². The third kappa shape index (κ3) is 5.80. The van der Waals surface area contributed by atoms with Crippen LogP contribution < -0.4 is 5.32 Å². The van der Waals surface area contributed by atoms with Crippen LogP contribution in [0.4, 0.5) is 0 Å². The van der Waals surface area contributed by atoms with Gasteiger partial charge in [-0.1, -0.05) is 0 Å².